The lowest BCUT2D eigenvalue weighted by atomic mass is 9.83. The Morgan fingerprint density at radius 1 is 0.839 bits per heavy atom. The third kappa shape index (κ3) is 9.58. The van der Waals surface area contributed by atoms with Gasteiger partial charge in [0.2, 0.25) is 5.91 Å². The molecule has 0 saturated heterocycles. The number of anilines is 2. The van der Waals surface area contributed by atoms with Gasteiger partial charge >= 0.3 is 0 Å². The number of unbranched alkanes of at least 4 members (excludes halogenated alkanes) is 9. The molecule has 0 unspecified atom stereocenters. The second kappa shape index (κ2) is 19.6. The molecule has 1 N–H and O–H groups in total. The Balaban J connectivity index is 1.30. The number of hydrogen-bond acceptors (Lipinski definition) is 6. The first-order valence-corrected chi connectivity index (χ1v) is 22.1. The van der Waals surface area contributed by atoms with Crippen molar-refractivity contribution in [1.29, 1.82) is 0 Å². The fourth-order valence-corrected chi connectivity index (χ4v) is 8.50. The minimum Gasteiger partial charge on any atom is -0.344 e. The van der Waals surface area contributed by atoms with Gasteiger partial charge in [-0.3, -0.25) is 4.79 Å². The first kappa shape index (κ1) is 41.2. The largest absolute Gasteiger partial charge is 0.344 e. The number of aromatic nitrogens is 4. The van der Waals surface area contributed by atoms with Crippen LogP contribution in [0.2, 0.25) is 5.02 Å². The summed E-state index contributed by atoms with van der Waals surface area (Å²) in [5, 5.41) is 19.2. The van der Waals surface area contributed by atoms with Crippen molar-refractivity contribution < 1.29 is 4.79 Å². The minimum atomic E-state index is -0.196. The van der Waals surface area contributed by atoms with Crippen molar-refractivity contribution in [2.75, 3.05) is 23.0 Å². The molecule has 1 aliphatic heterocycles. The molecule has 0 spiro atoms. The van der Waals surface area contributed by atoms with Gasteiger partial charge in [-0.15, -0.1) is 22.0 Å². The maximum atomic E-state index is 12.6. The van der Waals surface area contributed by atoms with E-state index in [0.29, 0.717) is 17.9 Å². The number of hydrogen-bond donors (Lipinski definition) is 1. The second-order valence-electron chi connectivity index (χ2n) is 15.3. The standard InChI is InChI=1S/C47H57ClN6OS/c1-6-8-10-12-14-20-32-53-40-31-28-35(48)33-39(40)47(3,4)42(53)24-19-17-22-38-44(37-21-16-18-23-41(37)56-5)52-54-45(50-51-46(38)54)34-26-29-36(30-27-34)49-43(55)25-15-13-11-9-7-2/h16-19,21-24,26-31,33H,6-15,20,25,32H2,1-5H3,(H,49,55)/b19-17+,38-22-,42-24+. The van der Waals surface area contributed by atoms with Crippen LogP contribution in [0.5, 0.6) is 0 Å². The Bertz CT molecular complexity index is 2210. The van der Waals surface area contributed by atoms with E-state index in [1.54, 1.807) is 11.8 Å². The molecule has 5 aromatic rings. The van der Waals surface area contributed by atoms with E-state index in [2.05, 4.69) is 115 Å². The van der Waals surface area contributed by atoms with Gasteiger partial charge in [-0.25, -0.2) is 0 Å². The van der Waals surface area contributed by atoms with Crippen molar-refractivity contribution in [2.24, 2.45) is 0 Å². The van der Waals surface area contributed by atoms with Crippen LogP contribution in [0.1, 0.15) is 110 Å². The number of fused-ring (bicyclic) bond motifs is 2. The molecule has 3 heterocycles. The molecule has 294 valence electrons. The average molecular weight is 790 g/mol. The first-order valence-electron chi connectivity index (χ1n) is 20.5. The Labute approximate surface area is 342 Å². The predicted octanol–water partition coefficient (Wildman–Crippen LogP) is 12.2. The molecule has 0 fully saturated rings. The number of thioether (sulfide) groups is 1. The Kier molecular flexibility index (Phi) is 14.5. The zero-order chi connectivity index (χ0) is 39.5. The summed E-state index contributed by atoms with van der Waals surface area (Å²) in [7, 11) is 0. The highest BCUT2D eigenvalue weighted by molar-refractivity contribution is 7.98. The summed E-state index contributed by atoms with van der Waals surface area (Å²) >= 11 is 8.24. The highest BCUT2D eigenvalue weighted by Crippen LogP contribution is 2.48. The van der Waals surface area contributed by atoms with Crippen LogP contribution >= 0.6 is 23.4 Å². The molecule has 0 saturated carbocycles. The number of nitrogens with one attached hydrogen (secondary N) is 1. The van der Waals surface area contributed by atoms with Crippen LogP contribution in [-0.2, 0) is 10.2 Å². The Hall–Kier alpha value is -4.40. The molecule has 0 bridgehead atoms. The van der Waals surface area contributed by atoms with Crippen LogP contribution in [0, 0.1) is 0 Å². The van der Waals surface area contributed by atoms with Crippen LogP contribution in [0.3, 0.4) is 0 Å². The van der Waals surface area contributed by atoms with E-state index in [9.17, 15) is 4.79 Å². The van der Waals surface area contributed by atoms with Crippen molar-refractivity contribution in [1.82, 2.24) is 19.8 Å². The number of carbonyl (C=O) groups is 1. The monoisotopic (exact) mass is 788 g/mol. The lowest BCUT2D eigenvalue weighted by Gasteiger charge is -2.27. The molecule has 0 aliphatic carbocycles. The van der Waals surface area contributed by atoms with E-state index >= 15 is 0 Å². The van der Waals surface area contributed by atoms with E-state index < -0.39 is 0 Å². The van der Waals surface area contributed by atoms with Gasteiger partial charge in [-0.2, -0.15) is 9.61 Å². The quantitative estimate of drug-likeness (QED) is 0.0663. The van der Waals surface area contributed by atoms with E-state index in [-0.39, 0.29) is 11.3 Å². The molecule has 0 atom stereocenters. The van der Waals surface area contributed by atoms with Gasteiger partial charge in [-0.05, 0) is 85.3 Å². The number of rotatable bonds is 19. The van der Waals surface area contributed by atoms with Gasteiger partial charge in [0.15, 0.2) is 11.5 Å². The third-order valence-electron chi connectivity index (χ3n) is 10.9. The highest BCUT2D eigenvalue weighted by atomic mass is 35.5. The number of carbonyl (C=O) groups excluding carboxylic acids is 1. The summed E-state index contributed by atoms with van der Waals surface area (Å²) in [6.07, 6.45) is 24.4. The molecule has 2 aromatic heterocycles. The van der Waals surface area contributed by atoms with Crippen molar-refractivity contribution in [3.63, 3.8) is 0 Å². The van der Waals surface area contributed by atoms with Crippen LogP contribution < -0.4 is 15.4 Å². The van der Waals surface area contributed by atoms with Crippen LogP contribution in [0.4, 0.5) is 11.4 Å². The highest BCUT2D eigenvalue weighted by Gasteiger charge is 2.39. The maximum absolute atomic E-state index is 12.6. The number of nitrogens with zero attached hydrogens (tertiary/aromatic N) is 5. The molecular weight excluding hydrogens is 732 g/mol. The molecule has 9 heteroatoms. The van der Waals surface area contributed by atoms with E-state index in [1.165, 1.54) is 68.3 Å². The summed E-state index contributed by atoms with van der Waals surface area (Å²) < 4.78 is 1.84. The van der Waals surface area contributed by atoms with E-state index in [0.717, 1.165) is 63.5 Å². The molecule has 6 rings (SSSR count). The number of halogens is 1. The SMILES string of the molecule is CCCCCCCCN1/C(=C/C=C/C=c2/c(-c3ccccc3SC)nn3c(-c4ccc(NC(=O)CCCCCCC)cc4)nnc23)C(C)(C)c2cc(Cl)ccc21. The lowest BCUT2D eigenvalue weighted by Crippen LogP contribution is -2.27. The van der Waals surface area contributed by atoms with Crippen LogP contribution in [0.15, 0.2) is 95.6 Å². The van der Waals surface area contributed by atoms with Crippen molar-refractivity contribution >= 4 is 52.4 Å². The van der Waals surface area contributed by atoms with Gasteiger partial charge in [0.05, 0.1) is 0 Å². The summed E-state index contributed by atoms with van der Waals surface area (Å²) in [4.78, 5) is 16.2. The van der Waals surface area contributed by atoms with Crippen molar-refractivity contribution in [3.8, 4) is 22.6 Å². The molecular formula is C47H57ClN6OS. The molecule has 1 aliphatic rings. The van der Waals surface area contributed by atoms with Gasteiger partial charge < -0.3 is 10.2 Å². The summed E-state index contributed by atoms with van der Waals surface area (Å²) in [5.41, 5.74) is 7.83. The predicted molar refractivity (Wildman–Crippen MR) is 238 cm³/mol. The Morgan fingerprint density at radius 3 is 2.29 bits per heavy atom. The normalized spacial score (nSPS) is 14.8. The van der Waals surface area contributed by atoms with Gasteiger partial charge in [0.25, 0.3) is 0 Å². The molecule has 3 aromatic carbocycles. The molecule has 0 radical (unpaired) electrons. The zero-order valence-corrected chi connectivity index (χ0v) is 35.4. The number of benzene rings is 3. The molecule has 1 amide bonds. The summed E-state index contributed by atoms with van der Waals surface area (Å²) in [6.45, 7) is 10.0. The first-order chi connectivity index (χ1) is 27.3. The number of amides is 1. The minimum absolute atomic E-state index is 0.0498. The fraction of sp³-hybridized carbons (Fsp3) is 0.404. The van der Waals surface area contributed by atoms with E-state index in [4.69, 9.17) is 16.7 Å². The van der Waals surface area contributed by atoms with Gasteiger partial charge in [0, 0.05) is 61.7 Å². The van der Waals surface area contributed by atoms with Crippen LogP contribution in [-0.4, -0.2) is 38.5 Å². The second-order valence-corrected chi connectivity index (χ2v) is 16.6. The molecule has 56 heavy (non-hydrogen) atoms. The van der Waals surface area contributed by atoms with Gasteiger partial charge in [0.1, 0.15) is 5.69 Å². The smallest absolute Gasteiger partial charge is 0.224 e. The van der Waals surface area contributed by atoms with Gasteiger partial charge in [-0.1, -0.05) is 127 Å². The fourth-order valence-electron chi connectivity index (χ4n) is 7.73. The average Bonchev–Trinajstić information content (AvgIpc) is 3.83. The van der Waals surface area contributed by atoms with Crippen molar-refractivity contribution in [2.45, 2.75) is 115 Å². The molecule has 7 nitrogen and oxygen atoms in total. The topological polar surface area (TPSA) is 75.4 Å². The summed E-state index contributed by atoms with van der Waals surface area (Å²) in [5.74, 6) is 0.700. The zero-order valence-electron chi connectivity index (χ0n) is 33.8. The third-order valence-corrected chi connectivity index (χ3v) is 11.9. The van der Waals surface area contributed by atoms with Crippen molar-refractivity contribution in [3.05, 3.63) is 106 Å². The van der Waals surface area contributed by atoms with E-state index in [1.807, 2.05) is 34.8 Å². The number of allylic oxidation sites excluding steroid dienone is 4. The lowest BCUT2D eigenvalue weighted by molar-refractivity contribution is -0.116. The Morgan fingerprint density at radius 2 is 1.54 bits per heavy atom. The summed E-state index contributed by atoms with van der Waals surface area (Å²) in [6, 6.07) is 22.5. The maximum Gasteiger partial charge on any atom is 0.224 e. The van der Waals surface area contributed by atoms with Crippen LogP contribution in [0.25, 0.3) is 34.4 Å².